The largest absolute Gasteiger partial charge is 0.472 e. The van der Waals surface area contributed by atoms with E-state index in [9.17, 15) is 19.0 Å². The molecule has 0 aromatic heterocycles. The van der Waals surface area contributed by atoms with Crippen LogP contribution in [0.1, 0.15) is 264 Å². The van der Waals surface area contributed by atoms with Crippen molar-refractivity contribution in [2.24, 2.45) is 0 Å². The van der Waals surface area contributed by atoms with Crippen molar-refractivity contribution >= 4 is 19.8 Å². The monoisotopic (exact) mass is 1150 g/mol. The summed E-state index contributed by atoms with van der Waals surface area (Å²) in [7, 11) is 1.46. The zero-order valence-corrected chi connectivity index (χ0v) is 53.6. The van der Waals surface area contributed by atoms with E-state index < -0.39 is 26.5 Å². The van der Waals surface area contributed by atoms with Gasteiger partial charge in [-0.2, -0.15) is 0 Å². The minimum Gasteiger partial charge on any atom is -0.462 e. The fourth-order valence-corrected chi connectivity index (χ4v) is 9.45. The molecule has 0 aromatic rings. The number of nitrogens with zero attached hydrogens (tertiary/aromatic N) is 1. The number of likely N-dealkylation sites (N-methyl/N-ethyl adjacent to an activating group) is 1. The number of rotatable bonds is 59. The van der Waals surface area contributed by atoms with Crippen molar-refractivity contribution in [3.63, 3.8) is 0 Å². The molecule has 0 amide bonds. The van der Waals surface area contributed by atoms with Crippen molar-refractivity contribution in [3.05, 3.63) is 122 Å². The molecule has 0 aromatic carbocycles. The average molecular weight is 1150 g/mol. The highest BCUT2D eigenvalue weighted by Gasteiger charge is 2.27. The lowest BCUT2D eigenvalue weighted by molar-refractivity contribution is -0.870. The highest BCUT2D eigenvalue weighted by molar-refractivity contribution is 7.47. The predicted molar refractivity (Wildman–Crippen MR) is 348 cm³/mol. The third kappa shape index (κ3) is 65.4. The van der Waals surface area contributed by atoms with Crippen LogP contribution in [0.2, 0.25) is 0 Å². The first-order valence-electron chi connectivity index (χ1n) is 32.8. The number of ether oxygens (including phenoxy) is 2. The number of allylic oxidation sites excluding steroid dienone is 20. The van der Waals surface area contributed by atoms with Crippen molar-refractivity contribution in [1.29, 1.82) is 0 Å². The van der Waals surface area contributed by atoms with Gasteiger partial charge in [0.2, 0.25) is 0 Å². The van der Waals surface area contributed by atoms with Crippen LogP contribution in [0.25, 0.3) is 0 Å². The van der Waals surface area contributed by atoms with Crippen LogP contribution in [-0.2, 0) is 32.7 Å². The molecule has 0 aliphatic heterocycles. The minimum absolute atomic E-state index is 0.0257. The molecule has 0 bridgehead atoms. The first-order chi connectivity index (χ1) is 39.5. The fourth-order valence-electron chi connectivity index (χ4n) is 8.71. The summed E-state index contributed by atoms with van der Waals surface area (Å²) in [5, 5.41) is 0. The van der Waals surface area contributed by atoms with Gasteiger partial charge in [0.1, 0.15) is 19.8 Å². The highest BCUT2D eigenvalue weighted by Crippen LogP contribution is 2.43. The van der Waals surface area contributed by atoms with Crippen LogP contribution in [0.5, 0.6) is 0 Å². The Balaban J connectivity index is 4.01. The smallest absolute Gasteiger partial charge is 0.462 e. The number of phosphoric acid groups is 1. The van der Waals surface area contributed by atoms with E-state index in [1.165, 1.54) is 116 Å². The maximum Gasteiger partial charge on any atom is 0.472 e. The molecule has 0 rings (SSSR count). The number of quaternary nitrogens is 1. The molecule has 81 heavy (non-hydrogen) atoms. The molecular formula is C71H123NO8P+. The SMILES string of the molecule is CC/C=C\C/C=C\C/C=C\C/C=C\C/C=C\C/C=C\C/C=C\C/C=C\CCCCCCCCCCCCCCCCCCC(=O)OC(COC(=O)CCCCCCC/C=C\C/C=C\CCCCCC)COP(=O)(O)OCC[N+](C)(C)C. The van der Waals surface area contributed by atoms with E-state index in [0.29, 0.717) is 17.4 Å². The van der Waals surface area contributed by atoms with Crippen molar-refractivity contribution < 1.29 is 42.1 Å². The number of hydrogen-bond acceptors (Lipinski definition) is 7. The lowest BCUT2D eigenvalue weighted by atomic mass is 10.0. The van der Waals surface area contributed by atoms with E-state index in [4.69, 9.17) is 18.5 Å². The zero-order chi connectivity index (χ0) is 59.1. The normalized spacial score (nSPS) is 14.0. The Morgan fingerprint density at radius 2 is 0.704 bits per heavy atom. The van der Waals surface area contributed by atoms with Gasteiger partial charge in [0.05, 0.1) is 27.7 Å². The number of carbonyl (C=O) groups excluding carboxylic acids is 2. The minimum atomic E-state index is -4.39. The quantitative estimate of drug-likeness (QED) is 0.0211. The topological polar surface area (TPSA) is 108 Å². The van der Waals surface area contributed by atoms with Crippen molar-refractivity contribution in [2.75, 3.05) is 47.5 Å². The van der Waals surface area contributed by atoms with E-state index >= 15 is 0 Å². The molecule has 0 heterocycles. The molecule has 2 atom stereocenters. The van der Waals surface area contributed by atoms with Gasteiger partial charge >= 0.3 is 19.8 Å². The first kappa shape index (κ1) is 77.4. The first-order valence-corrected chi connectivity index (χ1v) is 34.3. The molecule has 2 unspecified atom stereocenters. The molecule has 9 nitrogen and oxygen atoms in total. The Bertz CT molecular complexity index is 1780. The van der Waals surface area contributed by atoms with Crippen LogP contribution in [0, 0.1) is 0 Å². The average Bonchev–Trinajstić information content (AvgIpc) is 3.43. The predicted octanol–water partition coefficient (Wildman–Crippen LogP) is 21.1. The van der Waals surface area contributed by atoms with E-state index in [0.717, 1.165) is 116 Å². The van der Waals surface area contributed by atoms with E-state index in [2.05, 4.69) is 135 Å². The van der Waals surface area contributed by atoms with Gasteiger partial charge in [-0.3, -0.25) is 18.6 Å². The van der Waals surface area contributed by atoms with Crippen molar-refractivity contribution in [1.82, 2.24) is 0 Å². The summed E-state index contributed by atoms with van der Waals surface area (Å²) < 4.78 is 34.6. The molecule has 0 saturated heterocycles. The Hall–Kier alpha value is -3.59. The van der Waals surface area contributed by atoms with Gasteiger partial charge in [-0.1, -0.05) is 264 Å². The highest BCUT2D eigenvalue weighted by atomic mass is 31.2. The molecule has 0 aliphatic rings. The van der Waals surface area contributed by atoms with Crippen LogP contribution in [0.15, 0.2) is 122 Å². The van der Waals surface area contributed by atoms with Gasteiger partial charge in [0.15, 0.2) is 6.10 Å². The van der Waals surface area contributed by atoms with Crippen LogP contribution in [0.4, 0.5) is 0 Å². The van der Waals surface area contributed by atoms with Crippen LogP contribution in [0.3, 0.4) is 0 Å². The molecule has 1 N–H and O–H groups in total. The second-order valence-corrected chi connectivity index (χ2v) is 24.2. The van der Waals surface area contributed by atoms with Crippen LogP contribution >= 0.6 is 7.82 Å². The summed E-state index contributed by atoms with van der Waals surface area (Å²) in [6, 6.07) is 0. The third-order valence-electron chi connectivity index (χ3n) is 13.7. The lowest BCUT2D eigenvalue weighted by Gasteiger charge is -2.24. The van der Waals surface area contributed by atoms with Crippen LogP contribution in [-0.4, -0.2) is 74.9 Å². The molecule has 0 radical (unpaired) electrons. The Labute approximate surface area is 498 Å². The third-order valence-corrected chi connectivity index (χ3v) is 14.7. The second-order valence-electron chi connectivity index (χ2n) is 22.8. The summed E-state index contributed by atoms with van der Waals surface area (Å²) in [6.45, 7) is 4.29. The lowest BCUT2D eigenvalue weighted by Crippen LogP contribution is -2.37. The molecule has 464 valence electrons. The molecule has 0 fully saturated rings. The number of esters is 2. The summed E-state index contributed by atoms with van der Waals surface area (Å²) in [4.78, 5) is 35.7. The number of phosphoric ester groups is 1. The number of carbonyl (C=O) groups is 2. The van der Waals surface area contributed by atoms with Gasteiger partial charge in [-0.25, -0.2) is 4.57 Å². The van der Waals surface area contributed by atoms with Crippen molar-refractivity contribution in [3.8, 4) is 0 Å². The Kier molecular flexibility index (Phi) is 58.3. The second kappa shape index (κ2) is 61.0. The van der Waals surface area contributed by atoms with Gasteiger partial charge in [0, 0.05) is 12.8 Å². The van der Waals surface area contributed by atoms with Crippen molar-refractivity contribution in [2.45, 2.75) is 270 Å². The summed E-state index contributed by atoms with van der Waals surface area (Å²) in [5.41, 5.74) is 0. The van der Waals surface area contributed by atoms with Gasteiger partial charge < -0.3 is 18.9 Å². The zero-order valence-electron chi connectivity index (χ0n) is 52.7. The molecular weight excluding hydrogens is 1030 g/mol. The number of hydrogen-bond donors (Lipinski definition) is 1. The van der Waals surface area contributed by atoms with Gasteiger partial charge in [0.25, 0.3) is 0 Å². The Morgan fingerprint density at radius 3 is 1.05 bits per heavy atom. The fraction of sp³-hybridized carbons (Fsp3) is 0.690. The van der Waals surface area contributed by atoms with Gasteiger partial charge in [-0.15, -0.1) is 0 Å². The van der Waals surface area contributed by atoms with E-state index in [-0.39, 0.29) is 32.0 Å². The van der Waals surface area contributed by atoms with Crippen LogP contribution < -0.4 is 0 Å². The van der Waals surface area contributed by atoms with E-state index in [1.807, 2.05) is 21.1 Å². The molecule has 0 saturated carbocycles. The van der Waals surface area contributed by atoms with Gasteiger partial charge in [-0.05, 0) is 109 Å². The summed E-state index contributed by atoms with van der Waals surface area (Å²) in [5.74, 6) is -0.813. The standard InChI is InChI=1S/C71H122NO8P/c1-6-8-10-12-14-16-18-20-22-24-25-26-27-28-29-30-31-32-33-34-35-36-37-38-39-40-41-42-43-44-45-46-47-48-50-52-54-56-58-60-62-64-71(74)80-69(68-79-81(75,76)78-66-65-72(3,4)5)67-77-70(73)63-61-59-57-55-53-51-49-23-21-19-17-15-13-11-9-7-2/h8,10,14,16-17,19-20,22-23,25-26,28-29,31-32,34-35,37-38,49,69H,6-7,9,11-13,15,18,21,24,27,30,33,36,39-48,50-68H2,1-5H3/p+1/b10-8-,16-14-,19-17-,22-20-,26-25-,29-28-,32-31-,35-34-,38-37-,49-23-. The van der Waals surface area contributed by atoms with E-state index in [1.54, 1.807) is 0 Å². The Morgan fingerprint density at radius 1 is 0.395 bits per heavy atom. The molecule has 0 aliphatic carbocycles. The molecule has 0 spiro atoms. The maximum atomic E-state index is 12.8. The number of unbranched alkanes of at least 4 members (excludes halogenated alkanes) is 25. The maximum absolute atomic E-state index is 12.8. The summed E-state index contributed by atoms with van der Waals surface area (Å²) >= 11 is 0. The summed E-state index contributed by atoms with van der Waals surface area (Å²) in [6.07, 6.45) is 87.2. The molecule has 10 heteroatoms.